The summed E-state index contributed by atoms with van der Waals surface area (Å²) in [6.07, 6.45) is 3.12. The van der Waals surface area contributed by atoms with Crippen LogP contribution in [0.5, 0.6) is 0 Å². The van der Waals surface area contributed by atoms with E-state index in [0.717, 1.165) is 11.1 Å². The summed E-state index contributed by atoms with van der Waals surface area (Å²) in [4.78, 5) is 18.7. The van der Waals surface area contributed by atoms with E-state index in [1.54, 1.807) is 40.2 Å². The molecule has 27 heavy (non-hydrogen) atoms. The largest absolute Gasteiger partial charge is 0.377 e. The van der Waals surface area contributed by atoms with Crippen LogP contribution in [0.1, 0.15) is 16.4 Å². The zero-order chi connectivity index (χ0) is 18.6. The molecule has 1 amide bonds. The summed E-state index contributed by atoms with van der Waals surface area (Å²) < 4.78 is 20.4. The van der Waals surface area contributed by atoms with Crippen LogP contribution in [-0.4, -0.2) is 51.9 Å². The molecule has 0 N–H and O–H groups in total. The first-order chi connectivity index (χ1) is 13.2. The summed E-state index contributed by atoms with van der Waals surface area (Å²) in [6, 6.07) is 13.6. The Morgan fingerprint density at radius 1 is 1.07 bits per heavy atom. The van der Waals surface area contributed by atoms with Gasteiger partial charge < -0.3 is 9.64 Å². The molecule has 1 atom stereocenters. The second-order valence-electron chi connectivity index (χ2n) is 6.44. The minimum absolute atomic E-state index is 0.0451. The number of carbonyl (C=O) groups excluding carboxylic acids is 1. The molecule has 1 unspecified atom stereocenters. The molecule has 2 aromatic carbocycles. The zero-order valence-electron chi connectivity index (χ0n) is 14.7. The Morgan fingerprint density at radius 2 is 1.78 bits per heavy atom. The van der Waals surface area contributed by atoms with Crippen molar-refractivity contribution in [2.24, 2.45) is 0 Å². The smallest absolute Gasteiger partial charge is 0.254 e. The predicted molar refractivity (Wildman–Crippen MR) is 97.6 cm³/mol. The number of nitrogens with zero attached hydrogens (tertiary/aromatic N) is 4. The number of hydrogen-bond acceptors (Lipinski definition) is 4. The molecule has 0 spiro atoms. The van der Waals surface area contributed by atoms with Crippen molar-refractivity contribution in [3.8, 4) is 11.1 Å². The molecular weight excluding hydrogens is 347 g/mol. The molecule has 3 aromatic rings. The van der Waals surface area contributed by atoms with Crippen molar-refractivity contribution in [3.63, 3.8) is 0 Å². The Hall–Kier alpha value is -3.06. The highest BCUT2D eigenvalue weighted by Gasteiger charge is 2.24. The average molecular weight is 366 g/mol. The van der Waals surface area contributed by atoms with Gasteiger partial charge in [-0.3, -0.25) is 4.79 Å². The quantitative estimate of drug-likeness (QED) is 0.715. The standard InChI is InChI=1S/C20H19FN4O2/c21-18-7-5-16(6-8-18)15-1-3-17(4-2-15)20(26)24-9-10-27-12-19(11-24)25-14-22-13-23-25/h1-8,13-14,19H,9-12H2. The first kappa shape index (κ1) is 17.4. The van der Waals surface area contributed by atoms with Gasteiger partial charge in [-0.25, -0.2) is 14.1 Å². The highest BCUT2D eigenvalue weighted by Crippen LogP contribution is 2.21. The molecule has 1 fully saturated rings. The molecule has 1 aliphatic rings. The van der Waals surface area contributed by atoms with Crippen LogP contribution in [-0.2, 0) is 4.74 Å². The molecule has 0 radical (unpaired) electrons. The zero-order valence-corrected chi connectivity index (χ0v) is 14.7. The maximum atomic E-state index is 13.1. The Labute approximate surface area is 156 Å². The van der Waals surface area contributed by atoms with E-state index in [0.29, 0.717) is 31.9 Å². The number of aromatic nitrogens is 3. The van der Waals surface area contributed by atoms with E-state index in [1.807, 2.05) is 12.1 Å². The van der Waals surface area contributed by atoms with Crippen LogP contribution in [0.3, 0.4) is 0 Å². The Balaban J connectivity index is 1.50. The van der Waals surface area contributed by atoms with Gasteiger partial charge in [0.05, 0.1) is 19.3 Å². The number of amides is 1. The summed E-state index contributed by atoms with van der Waals surface area (Å²) in [5.74, 6) is -0.313. The molecule has 6 nitrogen and oxygen atoms in total. The molecule has 1 saturated heterocycles. The fourth-order valence-corrected chi connectivity index (χ4v) is 3.17. The highest BCUT2D eigenvalue weighted by molar-refractivity contribution is 5.94. The summed E-state index contributed by atoms with van der Waals surface area (Å²) in [7, 11) is 0. The topological polar surface area (TPSA) is 60.2 Å². The second-order valence-corrected chi connectivity index (χ2v) is 6.44. The van der Waals surface area contributed by atoms with Gasteiger partial charge in [-0.2, -0.15) is 5.10 Å². The first-order valence-corrected chi connectivity index (χ1v) is 8.78. The van der Waals surface area contributed by atoms with E-state index in [2.05, 4.69) is 10.1 Å². The molecule has 138 valence electrons. The number of benzene rings is 2. The summed E-state index contributed by atoms with van der Waals surface area (Å²) in [5, 5.41) is 4.16. The van der Waals surface area contributed by atoms with Gasteiger partial charge in [0.25, 0.3) is 5.91 Å². The van der Waals surface area contributed by atoms with E-state index in [-0.39, 0.29) is 17.8 Å². The summed E-state index contributed by atoms with van der Waals surface area (Å²) >= 11 is 0. The number of ether oxygens (including phenoxy) is 1. The van der Waals surface area contributed by atoms with Crippen molar-refractivity contribution in [1.29, 1.82) is 0 Å². The minimum atomic E-state index is -0.268. The molecule has 1 aromatic heterocycles. The van der Waals surface area contributed by atoms with Crippen LogP contribution in [0.2, 0.25) is 0 Å². The van der Waals surface area contributed by atoms with Gasteiger partial charge in [0.15, 0.2) is 0 Å². The van der Waals surface area contributed by atoms with Gasteiger partial charge in [-0.1, -0.05) is 24.3 Å². The monoisotopic (exact) mass is 366 g/mol. The first-order valence-electron chi connectivity index (χ1n) is 8.78. The normalized spacial score (nSPS) is 17.5. The molecule has 4 rings (SSSR count). The maximum absolute atomic E-state index is 13.1. The molecule has 7 heteroatoms. The van der Waals surface area contributed by atoms with Gasteiger partial charge in [-0.05, 0) is 35.4 Å². The van der Waals surface area contributed by atoms with Crippen LogP contribution in [0.15, 0.2) is 61.2 Å². The second kappa shape index (κ2) is 7.67. The predicted octanol–water partition coefficient (Wildman–Crippen LogP) is 2.80. The fourth-order valence-electron chi connectivity index (χ4n) is 3.17. The van der Waals surface area contributed by atoms with Crippen LogP contribution < -0.4 is 0 Å². The number of carbonyl (C=O) groups is 1. The van der Waals surface area contributed by atoms with Crippen molar-refractivity contribution in [3.05, 3.63) is 72.6 Å². The SMILES string of the molecule is O=C(c1ccc(-c2ccc(F)cc2)cc1)N1CCOCC(n2cncn2)C1. The van der Waals surface area contributed by atoms with Crippen molar-refractivity contribution in [2.75, 3.05) is 26.3 Å². The third kappa shape index (κ3) is 3.88. The van der Waals surface area contributed by atoms with E-state index in [9.17, 15) is 9.18 Å². The summed E-state index contributed by atoms with van der Waals surface area (Å²) in [5.41, 5.74) is 2.45. The summed E-state index contributed by atoms with van der Waals surface area (Å²) in [6.45, 7) is 2.03. The Bertz CT molecular complexity index is 895. The van der Waals surface area contributed by atoms with Crippen LogP contribution >= 0.6 is 0 Å². The van der Waals surface area contributed by atoms with Gasteiger partial charge in [0, 0.05) is 18.7 Å². The van der Waals surface area contributed by atoms with E-state index in [1.165, 1.54) is 18.5 Å². The van der Waals surface area contributed by atoms with E-state index >= 15 is 0 Å². The molecule has 0 aliphatic carbocycles. The van der Waals surface area contributed by atoms with E-state index in [4.69, 9.17) is 4.74 Å². The van der Waals surface area contributed by atoms with Gasteiger partial charge in [-0.15, -0.1) is 0 Å². The number of hydrogen-bond donors (Lipinski definition) is 0. The lowest BCUT2D eigenvalue weighted by atomic mass is 10.0. The highest BCUT2D eigenvalue weighted by atomic mass is 19.1. The lowest BCUT2D eigenvalue weighted by Crippen LogP contribution is -2.36. The Morgan fingerprint density at radius 3 is 2.44 bits per heavy atom. The minimum Gasteiger partial charge on any atom is -0.377 e. The van der Waals surface area contributed by atoms with Crippen molar-refractivity contribution in [2.45, 2.75) is 6.04 Å². The fraction of sp³-hybridized carbons (Fsp3) is 0.250. The van der Waals surface area contributed by atoms with E-state index < -0.39 is 0 Å². The van der Waals surface area contributed by atoms with Crippen molar-refractivity contribution < 1.29 is 13.9 Å². The van der Waals surface area contributed by atoms with Gasteiger partial charge in [0.2, 0.25) is 0 Å². The molecule has 1 aliphatic heterocycles. The molecule has 0 saturated carbocycles. The van der Waals surface area contributed by atoms with Crippen LogP contribution in [0.4, 0.5) is 4.39 Å². The molecule has 2 heterocycles. The Kier molecular flexibility index (Phi) is 4.93. The third-order valence-electron chi connectivity index (χ3n) is 4.65. The lowest BCUT2D eigenvalue weighted by molar-refractivity contribution is 0.0737. The lowest BCUT2D eigenvalue weighted by Gasteiger charge is -2.23. The van der Waals surface area contributed by atoms with Crippen molar-refractivity contribution in [1.82, 2.24) is 19.7 Å². The average Bonchev–Trinajstić information content (AvgIpc) is 3.13. The van der Waals surface area contributed by atoms with Gasteiger partial charge in [0.1, 0.15) is 18.5 Å². The van der Waals surface area contributed by atoms with Crippen LogP contribution in [0.25, 0.3) is 11.1 Å². The molecular formula is C20H19FN4O2. The van der Waals surface area contributed by atoms with Crippen LogP contribution in [0, 0.1) is 5.82 Å². The third-order valence-corrected chi connectivity index (χ3v) is 4.65. The maximum Gasteiger partial charge on any atom is 0.254 e. The number of rotatable bonds is 3. The molecule has 0 bridgehead atoms. The van der Waals surface area contributed by atoms with Gasteiger partial charge >= 0.3 is 0 Å². The van der Waals surface area contributed by atoms with Crippen molar-refractivity contribution >= 4 is 5.91 Å². The number of halogens is 1.